The van der Waals surface area contributed by atoms with Crippen molar-refractivity contribution in [3.63, 3.8) is 0 Å². The summed E-state index contributed by atoms with van der Waals surface area (Å²) < 4.78 is 0. The zero-order valence-electron chi connectivity index (χ0n) is 8.75. The van der Waals surface area contributed by atoms with Gasteiger partial charge >= 0.3 is 5.97 Å². The Morgan fingerprint density at radius 2 is 2.06 bits per heavy atom. The van der Waals surface area contributed by atoms with Gasteiger partial charge in [-0.3, -0.25) is 20.3 Å². The quantitative estimate of drug-likeness (QED) is 0.429. The molecule has 0 radical (unpaired) electrons. The predicted molar refractivity (Wildman–Crippen MR) is 55.4 cm³/mol. The van der Waals surface area contributed by atoms with Crippen LogP contribution >= 0.6 is 0 Å². The standard InChI is InChI=1S/C9H6N4O5/c10-5-8(14)18-12-11-9(15)6-3-1-2-4-7(6)13(16)17/h1-4,12H,(H,11,15). The zero-order valence-corrected chi connectivity index (χ0v) is 8.75. The lowest BCUT2D eigenvalue weighted by molar-refractivity contribution is -0.385. The van der Waals surface area contributed by atoms with E-state index in [9.17, 15) is 19.7 Å². The monoisotopic (exact) mass is 250 g/mol. The maximum absolute atomic E-state index is 11.5. The first-order valence-corrected chi connectivity index (χ1v) is 4.46. The van der Waals surface area contributed by atoms with Crippen LogP contribution in [0.3, 0.4) is 0 Å². The second-order valence-electron chi connectivity index (χ2n) is 2.83. The van der Waals surface area contributed by atoms with Gasteiger partial charge in [-0.2, -0.15) is 5.26 Å². The molecule has 0 unspecified atom stereocenters. The van der Waals surface area contributed by atoms with Gasteiger partial charge in [-0.25, -0.2) is 4.79 Å². The fourth-order valence-electron chi connectivity index (χ4n) is 1.03. The summed E-state index contributed by atoms with van der Waals surface area (Å²) in [7, 11) is 0. The number of nitrogens with zero attached hydrogens (tertiary/aromatic N) is 2. The molecular formula is C9H6N4O5. The van der Waals surface area contributed by atoms with Crippen molar-refractivity contribution in [1.29, 1.82) is 5.26 Å². The molecule has 1 amide bonds. The first-order chi connectivity index (χ1) is 8.56. The number of hydrazine groups is 1. The zero-order chi connectivity index (χ0) is 13.5. The van der Waals surface area contributed by atoms with Gasteiger partial charge in [-0.15, -0.1) is 0 Å². The molecule has 0 aliphatic heterocycles. The Morgan fingerprint density at radius 3 is 2.67 bits per heavy atom. The number of carbonyl (C=O) groups excluding carboxylic acids is 2. The summed E-state index contributed by atoms with van der Waals surface area (Å²) in [6.45, 7) is 0. The fourth-order valence-corrected chi connectivity index (χ4v) is 1.03. The van der Waals surface area contributed by atoms with E-state index in [1.165, 1.54) is 18.2 Å². The van der Waals surface area contributed by atoms with E-state index in [0.29, 0.717) is 0 Å². The highest BCUT2D eigenvalue weighted by Crippen LogP contribution is 2.16. The Kier molecular flexibility index (Phi) is 4.30. The van der Waals surface area contributed by atoms with Gasteiger partial charge < -0.3 is 4.84 Å². The predicted octanol–water partition coefficient (Wildman–Crippen LogP) is -0.189. The number of nitro benzene ring substituents is 1. The van der Waals surface area contributed by atoms with Crippen LogP contribution in [0, 0.1) is 21.4 Å². The van der Waals surface area contributed by atoms with Crippen molar-refractivity contribution >= 4 is 17.6 Å². The number of hydrogen-bond acceptors (Lipinski definition) is 7. The van der Waals surface area contributed by atoms with Crippen LogP contribution in [0.15, 0.2) is 24.3 Å². The van der Waals surface area contributed by atoms with E-state index < -0.39 is 22.5 Å². The molecular weight excluding hydrogens is 244 g/mol. The van der Waals surface area contributed by atoms with Crippen LogP contribution in [0.4, 0.5) is 5.69 Å². The van der Waals surface area contributed by atoms with Crippen molar-refractivity contribution in [2.45, 2.75) is 0 Å². The van der Waals surface area contributed by atoms with E-state index >= 15 is 0 Å². The van der Waals surface area contributed by atoms with Crippen LogP contribution in [0.25, 0.3) is 0 Å². The Bertz CT molecular complexity index is 536. The van der Waals surface area contributed by atoms with Crippen molar-refractivity contribution in [2.24, 2.45) is 0 Å². The minimum atomic E-state index is -1.27. The molecule has 9 heteroatoms. The molecule has 0 aliphatic carbocycles. The first kappa shape index (κ1) is 13.1. The summed E-state index contributed by atoms with van der Waals surface area (Å²) >= 11 is 0. The largest absolute Gasteiger partial charge is 0.431 e. The van der Waals surface area contributed by atoms with Gasteiger partial charge in [0.1, 0.15) is 5.56 Å². The van der Waals surface area contributed by atoms with Crippen molar-refractivity contribution in [1.82, 2.24) is 11.0 Å². The normalized spacial score (nSPS) is 9.06. The lowest BCUT2D eigenvalue weighted by Gasteiger charge is -2.05. The van der Waals surface area contributed by atoms with Crippen LogP contribution in [0.2, 0.25) is 0 Å². The van der Waals surface area contributed by atoms with Crippen molar-refractivity contribution in [3.8, 4) is 6.07 Å². The molecule has 1 aromatic rings. The van der Waals surface area contributed by atoms with Crippen LogP contribution in [0.5, 0.6) is 0 Å². The SMILES string of the molecule is N#CC(=O)ONNC(=O)c1ccccc1[N+](=O)[O-]. The summed E-state index contributed by atoms with van der Waals surface area (Å²) in [5.41, 5.74) is 2.96. The average Bonchev–Trinajstić information content (AvgIpc) is 2.38. The molecule has 0 heterocycles. The number of amides is 1. The van der Waals surface area contributed by atoms with Gasteiger partial charge in [0.2, 0.25) is 0 Å². The van der Waals surface area contributed by atoms with E-state index in [1.807, 2.05) is 5.43 Å². The number of para-hydroxylation sites is 1. The Labute approximate surface area is 100 Å². The molecule has 0 saturated heterocycles. The van der Waals surface area contributed by atoms with E-state index in [1.54, 1.807) is 5.59 Å². The Balaban J connectivity index is 2.71. The van der Waals surface area contributed by atoms with Gasteiger partial charge in [0.15, 0.2) is 6.07 Å². The number of benzene rings is 1. The maximum atomic E-state index is 11.5. The summed E-state index contributed by atoms with van der Waals surface area (Å²) in [5.74, 6) is -2.15. The van der Waals surface area contributed by atoms with Crippen LogP contribution in [0.1, 0.15) is 10.4 Å². The number of nitriles is 1. The number of carbonyl (C=O) groups is 2. The van der Waals surface area contributed by atoms with Gasteiger partial charge in [0, 0.05) is 6.07 Å². The molecule has 0 saturated carbocycles. The number of hydrogen-bond donors (Lipinski definition) is 2. The van der Waals surface area contributed by atoms with Crippen LogP contribution in [-0.4, -0.2) is 16.8 Å². The minimum Gasteiger partial charge on any atom is -0.339 e. The average molecular weight is 250 g/mol. The van der Waals surface area contributed by atoms with Crippen molar-refractivity contribution in [2.75, 3.05) is 0 Å². The maximum Gasteiger partial charge on any atom is 0.431 e. The lowest BCUT2D eigenvalue weighted by Crippen LogP contribution is -2.38. The van der Waals surface area contributed by atoms with Gasteiger partial charge in [0.25, 0.3) is 11.6 Å². The minimum absolute atomic E-state index is 0.219. The molecule has 0 aliphatic rings. The molecule has 2 N–H and O–H groups in total. The number of nitro groups is 1. The van der Waals surface area contributed by atoms with E-state index in [2.05, 4.69) is 4.84 Å². The summed E-state index contributed by atoms with van der Waals surface area (Å²) in [4.78, 5) is 35.8. The van der Waals surface area contributed by atoms with Gasteiger partial charge in [-0.1, -0.05) is 17.7 Å². The van der Waals surface area contributed by atoms with Crippen molar-refractivity contribution < 1.29 is 19.3 Å². The topological polar surface area (TPSA) is 134 Å². The highest BCUT2D eigenvalue weighted by atomic mass is 16.7. The highest BCUT2D eigenvalue weighted by Gasteiger charge is 2.19. The van der Waals surface area contributed by atoms with E-state index in [-0.39, 0.29) is 5.56 Å². The molecule has 18 heavy (non-hydrogen) atoms. The van der Waals surface area contributed by atoms with Gasteiger partial charge in [0.05, 0.1) is 4.92 Å². The number of rotatable bonds is 4. The Morgan fingerprint density at radius 1 is 1.39 bits per heavy atom. The smallest absolute Gasteiger partial charge is 0.339 e. The van der Waals surface area contributed by atoms with Crippen LogP contribution in [-0.2, 0) is 9.63 Å². The summed E-state index contributed by atoms with van der Waals surface area (Å²) in [5, 5.41) is 18.7. The second-order valence-corrected chi connectivity index (χ2v) is 2.83. The molecule has 9 nitrogen and oxygen atoms in total. The lowest BCUT2D eigenvalue weighted by atomic mass is 10.2. The fraction of sp³-hybridized carbons (Fsp3) is 0. The van der Waals surface area contributed by atoms with E-state index in [4.69, 9.17) is 5.26 Å². The molecule has 0 aromatic heterocycles. The third kappa shape index (κ3) is 3.26. The second kappa shape index (κ2) is 5.92. The van der Waals surface area contributed by atoms with E-state index in [0.717, 1.165) is 12.1 Å². The third-order valence-corrected chi connectivity index (χ3v) is 1.74. The molecule has 1 rings (SSSR count). The highest BCUT2D eigenvalue weighted by molar-refractivity contribution is 5.97. The molecule has 92 valence electrons. The van der Waals surface area contributed by atoms with Crippen LogP contribution < -0.4 is 11.0 Å². The molecule has 0 atom stereocenters. The van der Waals surface area contributed by atoms with Gasteiger partial charge in [-0.05, 0) is 6.07 Å². The number of nitrogens with one attached hydrogen (secondary N) is 2. The summed E-state index contributed by atoms with van der Waals surface area (Å²) in [6.07, 6.45) is 0. The Hall–Kier alpha value is -2.99. The van der Waals surface area contributed by atoms with Crippen molar-refractivity contribution in [3.05, 3.63) is 39.9 Å². The summed E-state index contributed by atoms with van der Waals surface area (Å²) in [6, 6.07) is 6.33. The third-order valence-electron chi connectivity index (χ3n) is 1.74. The molecule has 0 fully saturated rings. The first-order valence-electron chi connectivity index (χ1n) is 4.46. The molecule has 0 bridgehead atoms. The molecule has 1 aromatic carbocycles. The molecule has 0 spiro atoms.